The molecular weight excluding hydrogens is 388 g/mol. The zero-order chi connectivity index (χ0) is 20.7. The van der Waals surface area contributed by atoms with Crippen molar-refractivity contribution in [3.63, 3.8) is 0 Å². The van der Waals surface area contributed by atoms with Gasteiger partial charge in [0.15, 0.2) is 6.10 Å². The van der Waals surface area contributed by atoms with E-state index in [2.05, 4.69) is 10.3 Å². The summed E-state index contributed by atoms with van der Waals surface area (Å²) in [5.41, 5.74) is 2.97. The highest BCUT2D eigenvalue weighted by molar-refractivity contribution is 5.95. The van der Waals surface area contributed by atoms with Gasteiger partial charge < -0.3 is 10.1 Å². The van der Waals surface area contributed by atoms with Crippen LogP contribution >= 0.6 is 0 Å². The lowest BCUT2D eigenvalue weighted by Crippen LogP contribution is -2.31. The number of alkyl halides is 2. The summed E-state index contributed by atoms with van der Waals surface area (Å²) < 4.78 is 33.9. The molecule has 3 aromatic carbocycles. The van der Waals surface area contributed by atoms with Crippen molar-refractivity contribution in [1.29, 1.82) is 0 Å². The second kappa shape index (κ2) is 7.26. The van der Waals surface area contributed by atoms with E-state index in [0.29, 0.717) is 28.7 Å². The molecule has 7 heteroatoms. The SMILES string of the molecule is O=C(Nc1ccc(-c2nc3ccccc3n2C(F)F)cc1)C1Cc2ccccc2O1. The van der Waals surface area contributed by atoms with Crippen LogP contribution in [-0.4, -0.2) is 21.6 Å². The highest BCUT2D eigenvalue weighted by Crippen LogP contribution is 2.31. The van der Waals surface area contributed by atoms with Gasteiger partial charge in [-0.15, -0.1) is 0 Å². The zero-order valence-electron chi connectivity index (χ0n) is 15.8. The lowest BCUT2D eigenvalue weighted by atomic mass is 10.1. The van der Waals surface area contributed by atoms with Crippen molar-refractivity contribution in [3.8, 4) is 17.1 Å². The number of halogens is 2. The Labute approximate surface area is 170 Å². The first kappa shape index (κ1) is 18.3. The molecule has 1 N–H and O–H groups in total. The molecular formula is C23H17F2N3O2. The number of benzene rings is 3. The quantitative estimate of drug-likeness (QED) is 0.518. The Bertz CT molecular complexity index is 1210. The summed E-state index contributed by atoms with van der Waals surface area (Å²) in [6, 6.07) is 21.0. The van der Waals surface area contributed by atoms with Gasteiger partial charge in [0.1, 0.15) is 11.6 Å². The van der Waals surface area contributed by atoms with Gasteiger partial charge >= 0.3 is 6.55 Å². The van der Waals surface area contributed by atoms with E-state index < -0.39 is 12.7 Å². The molecule has 0 saturated heterocycles. The molecule has 30 heavy (non-hydrogen) atoms. The molecule has 1 unspecified atom stereocenters. The predicted octanol–water partition coefficient (Wildman–Crippen LogP) is 5.04. The molecule has 1 aliphatic heterocycles. The van der Waals surface area contributed by atoms with E-state index in [1.807, 2.05) is 24.3 Å². The number of anilines is 1. The Morgan fingerprint density at radius 1 is 1.03 bits per heavy atom. The molecule has 1 aliphatic rings. The molecule has 4 aromatic rings. The smallest absolute Gasteiger partial charge is 0.320 e. The summed E-state index contributed by atoms with van der Waals surface area (Å²) in [5, 5.41) is 2.82. The fourth-order valence-electron chi connectivity index (χ4n) is 3.70. The number of ether oxygens (including phenoxy) is 1. The molecule has 0 radical (unpaired) electrons. The molecule has 0 spiro atoms. The number of carbonyl (C=O) groups is 1. The number of para-hydroxylation sites is 3. The maximum absolute atomic E-state index is 13.7. The number of aromatic nitrogens is 2. The molecule has 150 valence electrons. The average molecular weight is 405 g/mol. The second-order valence-corrected chi connectivity index (χ2v) is 7.06. The van der Waals surface area contributed by atoms with E-state index in [4.69, 9.17) is 4.74 Å². The highest BCUT2D eigenvalue weighted by atomic mass is 19.3. The van der Waals surface area contributed by atoms with Gasteiger partial charge in [0, 0.05) is 17.7 Å². The largest absolute Gasteiger partial charge is 0.480 e. The van der Waals surface area contributed by atoms with Crippen LogP contribution in [0.2, 0.25) is 0 Å². The minimum atomic E-state index is -2.71. The Kier molecular flexibility index (Phi) is 4.43. The molecule has 0 fully saturated rings. The molecule has 0 aliphatic carbocycles. The average Bonchev–Trinajstić information content (AvgIpc) is 3.36. The maximum atomic E-state index is 13.7. The van der Waals surface area contributed by atoms with Crippen LogP contribution in [0.1, 0.15) is 12.1 Å². The zero-order valence-corrected chi connectivity index (χ0v) is 15.8. The Hall–Kier alpha value is -3.74. The van der Waals surface area contributed by atoms with E-state index in [-0.39, 0.29) is 11.7 Å². The van der Waals surface area contributed by atoms with Crippen LogP contribution in [-0.2, 0) is 11.2 Å². The number of nitrogens with zero attached hydrogens (tertiary/aromatic N) is 2. The van der Waals surface area contributed by atoms with E-state index in [9.17, 15) is 13.6 Å². The lowest BCUT2D eigenvalue weighted by molar-refractivity contribution is -0.122. The Morgan fingerprint density at radius 3 is 2.53 bits per heavy atom. The number of carbonyl (C=O) groups excluding carboxylic acids is 1. The summed E-state index contributed by atoms with van der Waals surface area (Å²) in [4.78, 5) is 16.9. The van der Waals surface area contributed by atoms with Gasteiger partial charge in [-0.1, -0.05) is 30.3 Å². The van der Waals surface area contributed by atoms with Gasteiger partial charge in [-0.05, 0) is 48.0 Å². The van der Waals surface area contributed by atoms with Crippen molar-refractivity contribution in [2.24, 2.45) is 0 Å². The van der Waals surface area contributed by atoms with Gasteiger partial charge in [0.25, 0.3) is 5.91 Å². The number of rotatable bonds is 4. The van der Waals surface area contributed by atoms with Crippen molar-refractivity contribution in [1.82, 2.24) is 9.55 Å². The van der Waals surface area contributed by atoms with Crippen LogP contribution in [0.3, 0.4) is 0 Å². The van der Waals surface area contributed by atoms with E-state index >= 15 is 0 Å². The molecule has 1 aromatic heterocycles. The van der Waals surface area contributed by atoms with Crippen LogP contribution in [0.15, 0.2) is 72.8 Å². The Balaban J connectivity index is 1.36. The molecule has 0 bridgehead atoms. The van der Waals surface area contributed by atoms with Crippen molar-refractivity contribution in [3.05, 3.63) is 78.4 Å². The first-order valence-corrected chi connectivity index (χ1v) is 9.51. The van der Waals surface area contributed by atoms with E-state index in [1.165, 1.54) is 0 Å². The number of imidazole rings is 1. The number of fused-ring (bicyclic) bond motifs is 2. The first-order valence-electron chi connectivity index (χ1n) is 9.51. The lowest BCUT2D eigenvalue weighted by Gasteiger charge is -2.12. The summed E-state index contributed by atoms with van der Waals surface area (Å²) in [6.07, 6.45) is -0.0801. The predicted molar refractivity (Wildman–Crippen MR) is 110 cm³/mol. The van der Waals surface area contributed by atoms with Gasteiger partial charge in [-0.25, -0.2) is 4.98 Å². The number of hydrogen-bond donors (Lipinski definition) is 1. The number of nitrogens with one attached hydrogen (secondary N) is 1. The normalized spacial score (nSPS) is 15.2. The van der Waals surface area contributed by atoms with Crippen LogP contribution in [0, 0.1) is 0 Å². The molecule has 5 rings (SSSR count). The van der Waals surface area contributed by atoms with Gasteiger partial charge in [-0.3, -0.25) is 9.36 Å². The molecule has 1 atom stereocenters. The minimum Gasteiger partial charge on any atom is -0.480 e. The van der Waals surface area contributed by atoms with Gasteiger partial charge in [0.05, 0.1) is 11.0 Å². The van der Waals surface area contributed by atoms with Crippen LogP contribution in [0.4, 0.5) is 14.5 Å². The van der Waals surface area contributed by atoms with Crippen molar-refractivity contribution >= 4 is 22.6 Å². The Morgan fingerprint density at radius 2 is 1.77 bits per heavy atom. The monoisotopic (exact) mass is 405 g/mol. The summed E-state index contributed by atoms with van der Waals surface area (Å²) in [5.74, 6) is 0.649. The number of hydrogen-bond acceptors (Lipinski definition) is 3. The molecule has 2 heterocycles. The first-order chi connectivity index (χ1) is 14.6. The fraction of sp³-hybridized carbons (Fsp3) is 0.130. The van der Waals surface area contributed by atoms with Crippen molar-refractivity contribution in [2.75, 3.05) is 5.32 Å². The van der Waals surface area contributed by atoms with Crippen LogP contribution in [0.25, 0.3) is 22.4 Å². The van der Waals surface area contributed by atoms with E-state index in [0.717, 1.165) is 15.9 Å². The second-order valence-electron chi connectivity index (χ2n) is 7.06. The molecule has 0 saturated carbocycles. The van der Waals surface area contributed by atoms with Crippen molar-refractivity contribution in [2.45, 2.75) is 19.1 Å². The fourth-order valence-corrected chi connectivity index (χ4v) is 3.70. The molecule has 5 nitrogen and oxygen atoms in total. The number of amides is 1. The standard InChI is InChI=1S/C23H17F2N3O2/c24-23(25)28-18-7-3-2-6-17(18)27-21(28)14-9-11-16(12-10-14)26-22(29)20-13-15-5-1-4-8-19(15)30-20/h1-12,20,23H,13H2,(H,26,29). The highest BCUT2D eigenvalue weighted by Gasteiger charge is 2.28. The van der Waals surface area contributed by atoms with Crippen LogP contribution in [0.5, 0.6) is 5.75 Å². The third-order valence-electron chi connectivity index (χ3n) is 5.14. The molecule has 1 amide bonds. The third kappa shape index (κ3) is 3.18. The maximum Gasteiger partial charge on any atom is 0.320 e. The van der Waals surface area contributed by atoms with E-state index in [1.54, 1.807) is 48.5 Å². The topological polar surface area (TPSA) is 56.2 Å². The summed E-state index contributed by atoms with van der Waals surface area (Å²) in [7, 11) is 0. The summed E-state index contributed by atoms with van der Waals surface area (Å²) in [6.45, 7) is -2.71. The van der Waals surface area contributed by atoms with Crippen LogP contribution < -0.4 is 10.1 Å². The van der Waals surface area contributed by atoms with Gasteiger partial charge in [0.2, 0.25) is 0 Å². The minimum absolute atomic E-state index is 0.179. The van der Waals surface area contributed by atoms with Crippen molar-refractivity contribution < 1.29 is 18.3 Å². The summed E-state index contributed by atoms with van der Waals surface area (Å²) >= 11 is 0. The van der Waals surface area contributed by atoms with Gasteiger partial charge in [-0.2, -0.15) is 8.78 Å². The third-order valence-corrected chi connectivity index (χ3v) is 5.14.